The highest BCUT2D eigenvalue weighted by atomic mass is 16.1. The Balaban J connectivity index is 2.78. The van der Waals surface area contributed by atoms with E-state index in [1.165, 1.54) is 0 Å². The van der Waals surface area contributed by atoms with E-state index in [0.29, 0.717) is 6.54 Å². The minimum absolute atomic E-state index is 0.0863. The van der Waals surface area contributed by atoms with Gasteiger partial charge in [0.25, 0.3) is 0 Å². The number of nitrogens with zero attached hydrogens (tertiary/aromatic N) is 2. The van der Waals surface area contributed by atoms with Crippen LogP contribution in [0.25, 0.3) is 0 Å². The molecule has 0 saturated carbocycles. The summed E-state index contributed by atoms with van der Waals surface area (Å²) in [4.78, 5) is 11.8. The Bertz CT molecular complexity index is 377. The van der Waals surface area contributed by atoms with Gasteiger partial charge in [0.2, 0.25) is 0 Å². The molecule has 0 radical (unpaired) electrons. The van der Waals surface area contributed by atoms with Crippen LogP contribution >= 0.6 is 0 Å². The van der Waals surface area contributed by atoms with Crippen LogP contribution in [0.4, 0.5) is 0 Å². The summed E-state index contributed by atoms with van der Waals surface area (Å²) in [5, 5.41) is 4.23. The maximum atomic E-state index is 11.8. The molecule has 1 aromatic rings. The molecular formula is C13H22N2O. The lowest BCUT2D eigenvalue weighted by Gasteiger charge is -2.17. The third-order valence-electron chi connectivity index (χ3n) is 2.64. The first-order chi connectivity index (χ1) is 7.10. The Kier molecular flexibility index (Phi) is 3.27. The standard InChI is InChI=1S/C13H22N2O/c1-12(2,3)10-7-14-15(8-10)9-11(16)13(4,5)6/h7-8H,9H2,1-6H3. The van der Waals surface area contributed by atoms with Gasteiger partial charge in [-0.2, -0.15) is 5.10 Å². The molecule has 0 atom stereocenters. The van der Waals surface area contributed by atoms with Crippen LogP contribution in [0.2, 0.25) is 0 Å². The quantitative estimate of drug-likeness (QED) is 0.771. The predicted molar refractivity (Wildman–Crippen MR) is 65.4 cm³/mol. The molecule has 0 saturated heterocycles. The second-order valence-electron chi connectivity index (χ2n) is 6.35. The van der Waals surface area contributed by atoms with Gasteiger partial charge in [0, 0.05) is 11.6 Å². The minimum Gasteiger partial charge on any atom is -0.297 e. The molecule has 3 nitrogen and oxygen atoms in total. The van der Waals surface area contributed by atoms with E-state index in [1.807, 2.05) is 33.2 Å². The molecule has 0 aliphatic carbocycles. The highest BCUT2D eigenvalue weighted by Crippen LogP contribution is 2.21. The number of hydrogen-bond acceptors (Lipinski definition) is 2. The van der Waals surface area contributed by atoms with Crippen molar-refractivity contribution in [3.8, 4) is 0 Å². The zero-order chi connectivity index (χ0) is 12.6. The lowest BCUT2D eigenvalue weighted by molar-refractivity contribution is -0.127. The number of aromatic nitrogens is 2. The second kappa shape index (κ2) is 4.04. The van der Waals surface area contributed by atoms with E-state index in [4.69, 9.17) is 0 Å². The maximum Gasteiger partial charge on any atom is 0.159 e. The van der Waals surface area contributed by atoms with Gasteiger partial charge in [0.05, 0.1) is 12.7 Å². The van der Waals surface area contributed by atoms with Gasteiger partial charge in [-0.1, -0.05) is 41.5 Å². The first-order valence-corrected chi connectivity index (χ1v) is 5.67. The lowest BCUT2D eigenvalue weighted by Crippen LogP contribution is -2.25. The van der Waals surface area contributed by atoms with Crippen molar-refractivity contribution in [1.29, 1.82) is 0 Å². The molecule has 0 spiro atoms. The van der Waals surface area contributed by atoms with E-state index in [2.05, 4.69) is 25.9 Å². The van der Waals surface area contributed by atoms with Crippen molar-refractivity contribution in [3.05, 3.63) is 18.0 Å². The fourth-order valence-electron chi connectivity index (χ4n) is 1.22. The first kappa shape index (κ1) is 12.9. The summed E-state index contributed by atoms with van der Waals surface area (Å²) in [5.41, 5.74) is 0.950. The van der Waals surface area contributed by atoms with Gasteiger partial charge in [-0.05, 0) is 11.0 Å². The van der Waals surface area contributed by atoms with E-state index in [-0.39, 0.29) is 16.6 Å². The summed E-state index contributed by atoms with van der Waals surface area (Å²) in [5.74, 6) is 0.205. The normalized spacial score (nSPS) is 12.9. The van der Waals surface area contributed by atoms with Gasteiger partial charge < -0.3 is 0 Å². The predicted octanol–water partition coefficient (Wildman–Crippen LogP) is 2.80. The number of carbonyl (C=O) groups is 1. The van der Waals surface area contributed by atoms with Gasteiger partial charge >= 0.3 is 0 Å². The highest BCUT2D eigenvalue weighted by molar-refractivity contribution is 5.83. The van der Waals surface area contributed by atoms with Gasteiger partial charge in [-0.3, -0.25) is 9.48 Å². The Labute approximate surface area is 97.8 Å². The summed E-state index contributed by atoms with van der Waals surface area (Å²) >= 11 is 0. The average Bonchev–Trinajstić information content (AvgIpc) is 2.49. The molecule has 0 aromatic carbocycles. The van der Waals surface area contributed by atoms with Gasteiger partial charge in [-0.25, -0.2) is 0 Å². The fourth-order valence-corrected chi connectivity index (χ4v) is 1.22. The zero-order valence-corrected chi connectivity index (χ0v) is 11.2. The van der Waals surface area contributed by atoms with E-state index < -0.39 is 0 Å². The van der Waals surface area contributed by atoms with Crippen LogP contribution in [0.15, 0.2) is 12.4 Å². The van der Waals surface area contributed by atoms with Crippen LogP contribution in [-0.2, 0) is 16.8 Å². The van der Waals surface area contributed by atoms with Crippen molar-refractivity contribution in [3.63, 3.8) is 0 Å². The van der Waals surface area contributed by atoms with Gasteiger partial charge in [-0.15, -0.1) is 0 Å². The van der Waals surface area contributed by atoms with Crippen LogP contribution in [0, 0.1) is 5.41 Å². The molecule has 0 aliphatic rings. The first-order valence-electron chi connectivity index (χ1n) is 5.67. The van der Waals surface area contributed by atoms with Crippen LogP contribution in [0.3, 0.4) is 0 Å². The van der Waals surface area contributed by atoms with Crippen LogP contribution in [0.1, 0.15) is 47.1 Å². The van der Waals surface area contributed by atoms with Crippen molar-refractivity contribution in [2.75, 3.05) is 0 Å². The Morgan fingerprint density at radius 1 is 1.25 bits per heavy atom. The molecule has 0 unspecified atom stereocenters. The summed E-state index contributed by atoms with van der Waals surface area (Å²) in [7, 11) is 0. The van der Waals surface area contributed by atoms with Crippen molar-refractivity contribution in [2.24, 2.45) is 5.41 Å². The summed E-state index contributed by atoms with van der Waals surface area (Å²) < 4.78 is 1.73. The van der Waals surface area contributed by atoms with Crippen LogP contribution in [0.5, 0.6) is 0 Å². The molecule has 0 fully saturated rings. The molecule has 0 aliphatic heterocycles. The molecule has 3 heteroatoms. The molecular weight excluding hydrogens is 200 g/mol. The summed E-state index contributed by atoms with van der Waals surface area (Å²) in [6.45, 7) is 12.6. The number of Topliss-reactive ketones (excluding diaryl/α,β-unsaturated/α-hetero) is 1. The molecule has 1 rings (SSSR count). The average molecular weight is 222 g/mol. The van der Waals surface area contributed by atoms with Crippen LogP contribution in [-0.4, -0.2) is 15.6 Å². The highest BCUT2D eigenvalue weighted by Gasteiger charge is 2.22. The molecule has 90 valence electrons. The van der Waals surface area contributed by atoms with E-state index >= 15 is 0 Å². The molecule has 1 heterocycles. The maximum absolute atomic E-state index is 11.8. The third-order valence-corrected chi connectivity index (χ3v) is 2.64. The fraction of sp³-hybridized carbons (Fsp3) is 0.692. The number of hydrogen-bond donors (Lipinski definition) is 0. The SMILES string of the molecule is CC(C)(C)C(=O)Cn1cc(C(C)(C)C)cn1. The largest absolute Gasteiger partial charge is 0.297 e. The number of carbonyl (C=O) groups excluding carboxylic acids is 1. The Morgan fingerprint density at radius 3 is 2.19 bits per heavy atom. The van der Waals surface area contributed by atoms with Gasteiger partial charge in [0.15, 0.2) is 5.78 Å². The second-order valence-corrected chi connectivity index (χ2v) is 6.35. The zero-order valence-electron chi connectivity index (χ0n) is 11.2. The monoisotopic (exact) mass is 222 g/mol. The van der Waals surface area contributed by atoms with E-state index in [1.54, 1.807) is 4.68 Å². The molecule has 1 aromatic heterocycles. The molecule has 0 bridgehead atoms. The number of rotatable bonds is 2. The molecule has 0 amide bonds. The third kappa shape index (κ3) is 3.19. The topological polar surface area (TPSA) is 34.9 Å². The Morgan fingerprint density at radius 2 is 1.81 bits per heavy atom. The van der Waals surface area contributed by atoms with E-state index in [9.17, 15) is 4.79 Å². The Hall–Kier alpha value is -1.12. The summed E-state index contributed by atoms with van der Waals surface area (Å²) in [6, 6.07) is 0. The van der Waals surface area contributed by atoms with Gasteiger partial charge in [0.1, 0.15) is 0 Å². The number of ketones is 1. The van der Waals surface area contributed by atoms with Crippen molar-refractivity contribution < 1.29 is 4.79 Å². The van der Waals surface area contributed by atoms with Crippen molar-refractivity contribution >= 4 is 5.78 Å². The smallest absolute Gasteiger partial charge is 0.159 e. The minimum atomic E-state index is -0.298. The van der Waals surface area contributed by atoms with Crippen molar-refractivity contribution in [2.45, 2.75) is 53.5 Å². The van der Waals surface area contributed by atoms with E-state index in [0.717, 1.165) is 5.56 Å². The summed E-state index contributed by atoms with van der Waals surface area (Å²) in [6.07, 6.45) is 3.81. The van der Waals surface area contributed by atoms with Crippen LogP contribution < -0.4 is 0 Å². The molecule has 0 N–H and O–H groups in total. The molecule has 16 heavy (non-hydrogen) atoms. The van der Waals surface area contributed by atoms with Crippen molar-refractivity contribution in [1.82, 2.24) is 9.78 Å². The lowest BCUT2D eigenvalue weighted by atomic mass is 9.89.